The maximum atomic E-state index is 12.6. The number of carbonyl (C=O) groups is 2. The third-order valence-electron chi connectivity index (χ3n) is 4.10. The van der Waals surface area contributed by atoms with Gasteiger partial charge in [0.1, 0.15) is 6.04 Å². The quantitative estimate of drug-likeness (QED) is 0.806. The van der Waals surface area contributed by atoms with E-state index < -0.39 is 12.0 Å². The van der Waals surface area contributed by atoms with E-state index in [1.54, 1.807) is 12.0 Å². The van der Waals surface area contributed by atoms with Gasteiger partial charge >= 0.3 is 12.0 Å². The lowest BCUT2D eigenvalue weighted by Crippen LogP contribution is -2.52. The summed E-state index contributed by atoms with van der Waals surface area (Å²) in [5.41, 5.74) is 0. The first-order valence-corrected chi connectivity index (χ1v) is 7.23. The highest BCUT2D eigenvalue weighted by Crippen LogP contribution is 2.26. The van der Waals surface area contributed by atoms with Gasteiger partial charge in [0.15, 0.2) is 0 Å². The van der Waals surface area contributed by atoms with Crippen LogP contribution in [0.4, 0.5) is 4.79 Å². The van der Waals surface area contributed by atoms with E-state index in [1.165, 1.54) is 4.90 Å². The molecule has 1 fully saturated rings. The minimum Gasteiger partial charge on any atom is -0.480 e. The number of amides is 2. The van der Waals surface area contributed by atoms with Crippen molar-refractivity contribution in [2.75, 3.05) is 26.8 Å². The zero-order valence-electron chi connectivity index (χ0n) is 12.8. The molecule has 1 rings (SSSR count). The van der Waals surface area contributed by atoms with Crippen LogP contribution in [0, 0.1) is 5.92 Å². The Morgan fingerprint density at radius 3 is 2.65 bits per heavy atom. The van der Waals surface area contributed by atoms with Crippen molar-refractivity contribution in [1.29, 1.82) is 0 Å². The van der Waals surface area contributed by atoms with E-state index in [9.17, 15) is 14.7 Å². The molecule has 1 saturated heterocycles. The Morgan fingerprint density at radius 1 is 1.50 bits per heavy atom. The number of ether oxygens (including phenoxy) is 1. The van der Waals surface area contributed by atoms with Crippen LogP contribution in [0.1, 0.15) is 33.6 Å². The molecule has 0 radical (unpaired) electrons. The first kappa shape index (κ1) is 16.8. The Labute approximate surface area is 120 Å². The van der Waals surface area contributed by atoms with Gasteiger partial charge in [-0.05, 0) is 25.7 Å². The molecule has 0 bridgehead atoms. The Kier molecular flexibility index (Phi) is 6.26. The van der Waals surface area contributed by atoms with Crippen molar-refractivity contribution in [3.63, 3.8) is 0 Å². The summed E-state index contributed by atoms with van der Waals surface area (Å²) in [6, 6.07) is -0.826. The summed E-state index contributed by atoms with van der Waals surface area (Å²) in [4.78, 5) is 27.2. The van der Waals surface area contributed by atoms with Crippen LogP contribution in [0.2, 0.25) is 0 Å². The van der Waals surface area contributed by atoms with Gasteiger partial charge < -0.3 is 19.6 Å². The number of hydrogen-bond donors (Lipinski definition) is 1. The van der Waals surface area contributed by atoms with Crippen LogP contribution in [-0.2, 0) is 9.53 Å². The molecular weight excluding hydrogens is 260 g/mol. The molecule has 0 aromatic heterocycles. The summed E-state index contributed by atoms with van der Waals surface area (Å²) in [6.07, 6.45) is 1.57. The average molecular weight is 286 g/mol. The van der Waals surface area contributed by atoms with E-state index in [0.717, 1.165) is 12.8 Å². The maximum absolute atomic E-state index is 12.6. The number of rotatable bonds is 6. The van der Waals surface area contributed by atoms with Crippen LogP contribution in [-0.4, -0.2) is 65.8 Å². The molecule has 1 aliphatic heterocycles. The van der Waals surface area contributed by atoms with E-state index in [1.807, 2.05) is 20.8 Å². The predicted octanol–water partition coefficient (Wildman–Crippen LogP) is 1.65. The van der Waals surface area contributed by atoms with Gasteiger partial charge in [-0.1, -0.05) is 13.8 Å². The highest BCUT2D eigenvalue weighted by molar-refractivity contribution is 5.83. The van der Waals surface area contributed by atoms with E-state index >= 15 is 0 Å². The molecule has 3 unspecified atom stereocenters. The van der Waals surface area contributed by atoms with E-state index in [0.29, 0.717) is 19.7 Å². The van der Waals surface area contributed by atoms with Crippen molar-refractivity contribution in [3.05, 3.63) is 0 Å². The lowest BCUT2D eigenvalue weighted by Gasteiger charge is -2.34. The van der Waals surface area contributed by atoms with Gasteiger partial charge in [0.2, 0.25) is 0 Å². The Hall–Kier alpha value is -1.30. The second-order valence-electron chi connectivity index (χ2n) is 5.47. The fraction of sp³-hybridized carbons (Fsp3) is 0.857. The lowest BCUT2D eigenvalue weighted by atomic mass is 10.0. The topological polar surface area (TPSA) is 70.1 Å². The molecule has 20 heavy (non-hydrogen) atoms. The molecule has 116 valence electrons. The second kappa shape index (κ2) is 7.47. The molecule has 0 aromatic rings. The molecule has 0 spiro atoms. The van der Waals surface area contributed by atoms with Crippen molar-refractivity contribution in [2.24, 2.45) is 5.92 Å². The van der Waals surface area contributed by atoms with Crippen LogP contribution < -0.4 is 0 Å². The number of carbonyl (C=O) groups excluding carboxylic acids is 1. The molecule has 6 nitrogen and oxygen atoms in total. The Morgan fingerprint density at radius 2 is 2.15 bits per heavy atom. The normalized spacial score (nSPS) is 23.7. The van der Waals surface area contributed by atoms with Crippen molar-refractivity contribution >= 4 is 12.0 Å². The standard InChI is InChI=1S/C14H26N2O4/c1-5-11(3)15(8-9-20-4)14(19)16-7-6-10(2)12(16)13(17)18/h10-12H,5-9H2,1-4H3,(H,17,18). The molecule has 1 aliphatic rings. The predicted molar refractivity (Wildman–Crippen MR) is 75.6 cm³/mol. The number of methoxy groups -OCH3 is 1. The average Bonchev–Trinajstić information content (AvgIpc) is 2.80. The van der Waals surface area contributed by atoms with E-state index in [4.69, 9.17) is 4.74 Å². The first-order valence-electron chi connectivity index (χ1n) is 7.23. The van der Waals surface area contributed by atoms with Crippen molar-refractivity contribution in [3.8, 4) is 0 Å². The minimum atomic E-state index is -0.917. The van der Waals surface area contributed by atoms with Gasteiger partial charge in [-0.15, -0.1) is 0 Å². The van der Waals surface area contributed by atoms with Crippen LogP contribution in [0.25, 0.3) is 0 Å². The lowest BCUT2D eigenvalue weighted by molar-refractivity contribution is -0.142. The van der Waals surface area contributed by atoms with Crippen molar-refractivity contribution in [1.82, 2.24) is 9.80 Å². The number of aliphatic carboxylic acids is 1. The summed E-state index contributed by atoms with van der Waals surface area (Å²) in [6.45, 7) is 7.33. The molecule has 1 N–H and O–H groups in total. The summed E-state index contributed by atoms with van der Waals surface area (Å²) in [7, 11) is 1.59. The number of likely N-dealkylation sites (tertiary alicyclic amines) is 1. The van der Waals surface area contributed by atoms with Crippen LogP contribution in [0.15, 0.2) is 0 Å². The van der Waals surface area contributed by atoms with Gasteiger partial charge in [0, 0.05) is 26.2 Å². The number of urea groups is 1. The molecule has 1 heterocycles. The van der Waals surface area contributed by atoms with Crippen LogP contribution in [0.3, 0.4) is 0 Å². The monoisotopic (exact) mass is 286 g/mol. The zero-order chi connectivity index (χ0) is 15.3. The smallest absolute Gasteiger partial charge is 0.326 e. The fourth-order valence-corrected chi connectivity index (χ4v) is 2.62. The zero-order valence-corrected chi connectivity index (χ0v) is 12.8. The fourth-order valence-electron chi connectivity index (χ4n) is 2.62. The Balaban J connectivity index is 2.85. The summed E-state index contributed by atoms with van der Waals surface area (Å²) < 4.78 is 5.05. The van der Waals surface area contributed by atoms with Crippen LogP contribution in [0.5, 0.6) is 0 Å². The maximum Gasteiger partial charge on any atom is 0.326 e. The number of hydrogen-bond acceptors (Lipinski definition) is 3. The molecular formula is C14H26N2O4. The molecule has 2 amide bonds. The third kappa shape index (κ3) is 3.62. The molecule has 0 aromatic carbocycles. The molecule has 0 aliphatic carbocycles. The largest absolute Gasteiger partial charge is 0.480 e. The SMILES string of the molecule is CCC(C)N(CCOC)C(=O)N1CCC(C)C1C(=O)O. The van der Waals surface area contributed by atoms with Crippen molar-refractivity contribution < 1.29 is 19.4 Å². The van der Waals surface area contributed by atoms with Gasteiger partial charge in [-0.3, -0.25) is 0 Å². The van der Waals surface area contributed by atoms with E-state index in [2.05, 4.69) is 0 Å². The second-order valence-corrected chi connectivity index (χ2v) is 5.47. The van der Waals surface area contributed by atoms with Gasteiger partial charge in [-0.25, -0.2) is 9.59 Å². The molecule has 3 atom stereocenters. The molecule has 6 heteroatoms. The minimum absolute atomic E-state index is 0.00217. The first-order chi connectivity index (χ1) is 9.43. The number of nitrogens with zero attached hydrogens (tertiary/aromatic N) is 2. The molecule has 0 saturated carbocycles. The highest BCUT2D eigenvalue weighted by Gasteiger charge is 2.41. The Bertz CT molecular complexity index is 348. The summed E-state index contributed by atoms with van der Waals surface area (Å²) in [5, 5.41) is 9.32. The number of carboxylic acid groups (broad SMARTS) is 1. The van der Waals surface area contributed by atoms with Gasteiger partial charge in [0.05, 0.1) is 6.61 Å². The summed E-state index contributed by atoms with van der Waals surface area (Å²) in [5.74, 6) is -0.920. The van der Waals surface area contributed by atoms with Gasteiger partial charge in [0.25, 0.3) is 0 Å². The third-order valence-corrected chi connectivity index (χ3v) is 4.10. The van der Waals surface area contributed by atoms with E-state index in [-0.39, 0.29) is 18.0 Å². The van der Waals surface area contributed by atoms with Crippen LogP contribution >= 0.6 is 0 Å². The number of carboxylic acids is 1. The highest BCUT2D eigenvalue weighted by atomic mass is 16.5. The summed E-state index contributed by atoms with van der Waals surface area (Å²) >= 11 is 0. The van der Waals surface area contributed by atoms with Crippen molar-refractivity contribution in [2.45, 2.75) is 45.7 Å². The van der Waals surface area contributed by atoms with Gasteiger partial charge in [-0.2, -0.15) is 0 Å².